The summed E-state index contributed by atoms with van der Waals surface area (Å²) in [5.41, 5.74) is 4.70. The van der Waals surface area contributed by atoms with Crippen molar-refractivity contribution in [1.82, 2.24) is 14.4 Å². The molecule has 256 valence electrons. The van der Waals surface area contributed by atoms with E-state index in [-0.39, 0.29) is 17.9 Å². The molecule has 1 amide bonds. The Labute approximate surface area is 285 Å². The number of hydrogen-bond donors (Lipinski definition) is 0. The molecule has 3 aromatic carbocycles. The average molecular weight is 682 g/mol. The Morgan fingerprint density at radius 1 is 0.896 bits per heavy atom. The van der Waals surface area contributed by atoms with Crippen molar-refractivity contribution in [2.45, 2.75) is 77.4 Å². The lowest BCUT2D eigenvalue weighted by molar-refractivity contribution is -0.274. The summed E-state index contributed by atoms with van der Waals surface area (Å²) in [6.45, 7) is 9.62. The summed E-state index contributed by atoms with van der Waals surface area (Å²) >= 11 is 6.42. The van der Waals surface area contributed by atoms with Gasteiger partial charge in [-0.3, -0.25) is 4.90 Å². The lowest BCUT2D eigenvalue weighted by Gasteiger charge is -2.34. The highest BCUT2D eigenvalue weighted by molar-refractivity contribution is 6.31. The first-order valence-corrected chi connectivity index (χ1v) is 17.1. The van der Waals surface area contributed by atoms with E-state index in [1.165, 1.54) is 23.3 Å². The average Bonchev–Trinajstić information content (AvgIpc) is 3.41. The van der Waals surface area contributed by atoms with Gasteiger partial charge in [0.15, 0.2) is 0 Å². The summed E-state index contributed by atoms with van der Waals surface area (Å²) in [5.74, 6) is 0.360. The smallest absolute Gasteiger partial charge is 0.444 e. The molecule has 4 aromatic rings. The van der Waals surface area contributed by atoms with Crippen molar-refractivity contribution in [2.75, 3.05) is 26.2 Å². The third-order valence-corrected chi connectivity index (χ3v) is 9.75. The van der Waals surface area contributed by atoms with Crippen LogP contribution in [0, 0.1) is 5.92 Å². The third kappa shape index (κ3) is 8.47. The maximum Gasteiger partial charge on any atom is 0.573 e. The molecular formula is C38H43ClF3N3O3. The predicted molar refractivity (Wildman–Crippen MR) is 183 cm³/mol. The van der Waals surface area contributed by atoms with Crippen LogP contribution in [0.4, 0.5) is 18.0 Å². The fourth-order valence-corrected chi connectivity index (χ4v) is 7.22. The summed E-state index contributed by atoms with van der Waals surface area (Å²) < 4.78 is 50.5. The highest BCUT2D eigenvalue weighted by Crippen LogP contribution is 2.38. The van der Waals surface area contributed by atoms with Gasteiger partial charge in [0.05, 0.1) is 0 Å². The Hall–Kier alpha value is -3.69. The van der Waals surface area contributed by atoms with Crippen LogP contribution in [-0.2, 0) is 17.7 Å². The lowest BCUT2D eigenvalue weighted by atomic mass is 9.90. The third-order valence-electron chi connectivity index (χ3n) is 9.39. The van der Waals surface area contributed by atoms with Crippen LogP contribution in [0.5, 0.6) is 5.75 Å². The van der Waals surface area contributed by atoms with Gasteiger partial charge in [0.1, 0.15) is 11.4 Å². The molecule has 2 saturated heterocycles. The number of nitrogens with zero attached hydrogens (tertiary/aromatic N) is 3. The van der Waals surface area contributed by atoms with Crippen molar-refractivity contribution in [3.8, 4) is 16.9 Å². The molecule has 3 heterocycles. The molecule has 0 N–H and O–H groups in total. The molecule has 0 aliphatic carbocycles. The van der Waals surface area contributed by atoms with Crippen LogP contribution >= 0.6 is 11.6 Å². The van der Waals surface area contributed by atoms with E-state index in [1.807, 2.05) is 39.0 Å². The number of hydrogen-bond acceptors (Lipinski definition) is 4. The van der Waals surface area contributed by atoms with Crippen LogP contribution in [0.15, 0.2) is 72.9 Å². The van der Waals surface area contributed by atoms with E-state index in [4.69, 9.17) is 16.3 Å². The summed E-state index contributed by atoms with van der Waals surface area (Å²) in [6, 6.07) is 20.9. The summed E-state index contributed by atoms with van der Waals surface area (Å²) in [5, 5.41) is 1.90. The van der Waals surface area contributed by atoms with Crippen molar-refractivity contribution in [3.63, 3.8) is 0 Å². The fraction of sp³-hybridized carbons (Fsp3) is 0.447. The van der Waals surface area contributed by atoms with Crippen LogP contribution in [-0.4, -0.2) is 58.6 Å². The molecule has 1 aromatic heterocycles. The highest BCUT2D eigenvalue weighted by Gasteiger charge is 2.31. The number of ether oxygens (including phenoxy) is 2. The van der Waals surface area contributed by atoms with Gasteiger partial charge in [-0.05, 0) is 119 Å². The maximum atomic E-state index is 12.8. The topological polar surface area (TPSA) is 46.9 Å². The second-order valence-electron chi connectivity index (χ2n) is 14.1. The number of aromatic nitrogens is 1. The van der Waals surface area contributed by atoms with E-state index in [1.54, 1.807) is 17.0 Å². The normalized spacial score (nSPS) is 17.2. The molecule has 2 fully saturated rings. The van der Waals surface area contributed by atoms with Crippen LogP contribution < -0.4 is 4.74 Å². The van der Waals surface area contributed by atoms with E-state index in [0.29, 0.717) is 19.0 Å². The molecule has 0 bridgehead atoms. The zero-order valence-corrected chi connectivity index (χ0v) is 28.5. The monoisotopic (exact) mass is 681 g/mol. The van der Waals surface area contributed by atoms with E-state index in [9.17, 15) is 18.0 Å². The molecule has 6 rings (SSSR count). The van der Waals surface area contributed by atoms with Gasteiger partial charge in [0.25, 0.3) is 0 Å². The molecule has 0 radical (unpaired) electrons. The molecule has 0 unspecified atom stereocenters. The molecule has 2 aliphatic heterocycles. The Morgan fingerprint density at radius 3 is 2.23 bits per heavy atom. The molecule has 0 spiro atoms. The quantitative estimate of drug-likeness (QED) is 0.195. The number of piperidine rings is 2. The minimum absolute atomic E-state index is 0.163. The number of likely N-dealkylation sites (tertiary alicyclic amines) is 2. The first kappa shape index (κ1) is 34.2. The van der Waals surface area contributed by atoms with E-state index < -0.39 is 12.0 Å². The van der Waals surface area contributed by atoms with Gasteiger partial charge in [-0.25, -0.2) is 4.79 Å². The molecule has 48 heavy (non-hydrogen) atoms. The Morgan fingerprint density at radius 2 is 1.58 bits per heavy atom. The maximum absolute atomic E-state index is 12.8. The summed E-state index contributed by atoms with van der Waals surface area (Å²) in [7, 11) is 0. The summed E-state index contributed by atoms with van der Waals surface area (Å²) in [4.78, 5) is 17.0. The SMILES string of the molecule is CC(C)(C)OC(=O)N1CCC(n2cc(-c3ccc(OC(F)(F)F)cc3)c3cc(CN4CCC(Cc5ccccc5Cl)CC4)ccc32)CC1. The van der Waals surface area contributed by atoms with Crippen molar-refractivity contribution < 1.29 is 27.4 Å². The zero-order chi connectivity index (χ0) is 34.1. The van der Waals surface area contributed by atoms with E-state index in [2.05, 4.69) is 44.7 Å². The van der Waals surface area contributed by atoms with Crippen molar-refractivity contribution in [3.05, 3.63) is 89.1 Å². The van der Waals surface area contributed by atoms with Gasteiger partial charge < -0.3 is 18.9 Å². The van der Waals surface area contributed by atoms with Gasteiger partial charge in [-0.1, -0.05) is 48.0 Å². The molecule has 0 atom stereocenters. The Bertz CT molecular complexity index is 1720. The van der Waals surface area contributed by atoms with Crippen LogP contribution in [0.1, 0.15) is 63.6 Å². The molecular weight excluding hydrogens is 639 g/mol. The minimum atomic E-state index is -4.75. The molecule has 6 nitrogen and oxygen atoms in total. The number of carbonyl (C=O) groups is 1. The van der Waals surface area contributed by atoms with Gasteiger partial charge in [-0.15, -0.1) is 13.2 Å². The van der Waals surface area contributed by atoms with Gasteiger partial charge in [0, 0.05) is 53.4 Å². The predicted octanol–water partition coefficient (Wildman–Crippen LogP) is 9.89. The van der Waals surface area contributed by atoms with Crippen molar-refractivity contribution in [2.24, 2.45) is 5.92 Å². The summed E-state index contributed by atoms with van der Waals surface area (Å²) in [6.07, 6.45) is 1.84. The zero-order valence-electron chi connectivity index (χ0n) is 27.7. The lowest BCUT2D eigenvalue weighted by Crippen LogP contribution is -2.42. The molecule has 0 saturated carbocycles. The van der Waals surface area contributed by atoms with E-state index >= 15 is 0 Å². The second-order valence-corrected chi connectivity index (χ2v) is 14.5. The first-order chi connectivity index (χ1) is 22.8. The van der Waals surface area contributed by atoms with Crippen LogP contribution in [0.25, 0.3) is 22.0 Å². The van der Waals surface area contributed by atoms with Crippen LogP contribution in [0.3, 0.4) is 0 Å². The molecule has 10 heteroatoms. The van der Waals surface area contributed by atoms with Crippen molar-refractivity contribution in [1.29, 1.82) is 0 Å². The number of alkyl halides is 3. The number of benzene rings is 3. The second kappa shape index (κ2) is 14.0. The standard InChI is InChI=1S/C38H43ClF3N3O3/c1-37(2,3)48-36(46)44-20-16-30(17-21-44)45-25-33(28-9-11-31(12-10-28)47-38(40,41)42)32-23-27(8-13-35(32)45)24-43-18-14-26(15-19-43)22-29-6-4-5-7-34(29)39/h4-13,23,25-26,30H,14-22,24H2,1-3H3. The Balaban J connectivity index is 1.21. The minimum Gasteiger partial charge on any atom is -0.444 e. The number of rotatable bonds is 7. The van der Waals surface area contributed by atoms with Gasteiger partial charge >= 0.3 is 12.5 Å². The van der Waals surface area contributed by atoms with E-state index in [0.717, 1.165) is 78.8 Å². The number of fused-ring (bicyclic) bond motifs is 1. The number of halogens is 4. The van der Waals surface area contributed by atoms with Crippen molar-refractivity contribution >= 4 is 28.6 Å². The first-order valence-electron chi connectivity index (χ1n) is 16.7. The number of carbonyl (C=O) groups excluding carboxylic acids is 1. The largest absolute Gasteiger partial charge is 0.573 e. The van der Waals surface area contributed by atoms with Gasteiger partial charge in [-0.2, -0.15) is 0 Å². The van der Waals surface area contributed by atoms with Gasteiger partial charge in [0.2, 0.25) is 0 Å². The molecule has 2 aliphatic rings. The number of amides is 1. The van der Waals surface area contributed by atoms with Crippen LogP contribution in [0.2, 0.25) is 5.02 Å². The highest BCUT2D eigenvalue weighted by atomic mass is 35.5. The fourth-order valence-electron chi connectivity index (χ4n) is 7.00. The Kier molecular flexibility index (Phi) is 10.00.